The predicted molar refractivity (Wildman–Crippen MR) is 93.3 cm³/mol. The summed E-state index contributed by atoms with van der Waals surface area (Å²) in [6, 6.07) is 15.3. The Morgan fingerprint density at radius 2 is 1.73 bits per heavy atom. The Morgan fingerprint density at radius 1 is 1.00 bits per heavy atom. The van der Waals surface area contributed by atoms with Crippen molar-refractivity contribution in [2.75, 3.05) is 0 Å². The molecule has 114 valence electrons. The molecule has 3 rings (SSSR count). The normalized spacial score (nSPS) is 13.0. The van der Waals surface area contributed by atoms with Gasteiger partial charge in [0.25, 0.3) is 0 Å². The Kier molecular flexibility index (Phi) is 4.02. The average molecular weight is 292 g/mol. The van der Waals surface area contributed by atoms with Crippen LogP contribution in [0, 0.1) is 12.8 Å². The summed E-state index contributed by atoms with van der Waals surface area (Å²) in [5.41, 5.74) is 6.14. The topological polar surface area (TPSA) is 28.7 Å². The van der Waals surface area contributed by atoms with E-state index in [2.05, 4.69) is 75.1 Å². The lowest BCUT2D eigenvalue weighted by Crippen LogP contribution is -1.99. The van der Waals surface area contributed by atoms with Crippen molar-refractivity contribution in [1.29, 1.82) is 0 Å². The van der Waals surface area contributed by atoms with Gasteiger partial charge in [-0.15, -0.1) is 0 Å². The van der Waals surface area contributed by atoms with Crippen LogP contribution < -0.4 is 0 Å². The van der Waals surface area contributed by atoms with Gasteiger partial charge < -0.3 is 4.98 Å². The number of nitrogens with zero attached hydrogens (tertiary/aromatic N) is 1. The van der Waals surface area contributed by atoms with Crippen LogP contribution in [-0.2, 0) is 6.42 Å². The third-order valence-corrected chi connectivity index (χ3v) is 4.19. The van der Waals surface area contributed by atoms with E-state index in [-0.39, 0.29) is 5.92 Å². The number of hydrogen-bond donors (Lipinski definition) is 1. The molecule has 22 heavy (non-hydrogen) atoms. The fourth-order valence-electron chi connectivity index (χ4n) is 2.92. The molecule has 0 amide bonds. The molecule has 0 aliphatic rings. The molecule has 0 aliphatic heterocycles. The second kappa shape index (κ2) is 5.96. The number of hydrogen-bond acceptors (Lipinski definition) is 1. The first kappa shape index (κ1) is 14.8. The van der Waals surface area contributed by atoms with Crippen molar-refractivity contribution in [3.63, 3.8) is 0 Å². The van der Waals surface area contributed by atoms with Gasteiger partial charge in [-0.3, -0.25) is 0 Å². The van der Waals surface area contributed by atoms with E-state index in [1.165, 1.54) is 16.7 Å². The quantitative estimate of drug-likeness (QED) is 0.701. The molecule has 1 heterocycles. The first-order valence-corrected chi connectivity index (χ1v) is 8.08. The molecule has 0 saturated carbocycles. The zero-order chi connectivity index (χ0) is 15.7. The fraction of sp³-hybridized carbons (Fsp3) is 0.350. The van der Waals surface area contributed by atoms with Crippen LogP contribution >= 0.6 is 0 Å². The van der Waals surface area contributed by atoms with Crippen LogP contribution in [-0.4, -0.2) is 9.97 Å². The van der Waals surface area contributed by atoms with Gasteiger partial charge in [-0.1, -0.05) is 51.1 Å². The van der Waals surface area contributed by atoms with E-state index in [9.17, 15) is 0 Å². The minimum absolute atomic E-state index is 0.279. The van der Waals surface area contributed by atoms with Gasteiger partial charge in [-0.2, -0.15) is 0 Å². The molecule has 0 saturated heterocycles. The lowest BCUT2D eigenvalue weighted by atomic mass is 9.96. The summed E-state index contributed by atoms with van der Waals surface area (Å²) in [6.07, 6.45) is 1.14. The molecule has 0 radical (unpaired) electrons. The summed E-state index contributed by atoms with van der Waals surface area (Å²) in [5, 5.41) is 0. The molecule has 0 fully saturated rings. The standard InChI is InChI=1S/C20H24N2/c1-13(2)11-16-6-8-17(9-7-16)15(4)20-21-18-10-5-14(3)12-19(18)22-20/h5-10,12-13,15H,11H2,1-4H3,(H,21,22)/t15-/m1/s1. The number of aryl methyl sites for hydroxylation is 1. The molecule has 2 aromatic carbocycles. The molecule has 2 nitrogen and oxygen atoms in total. The maximum Gasteiger partial charge on any atom is 0.114 e. The monoisotopic (exact) mass is 292 g/mol. The number of nitrogens with one attached hydrogen (secondary N) is 1. The van der Waals surface area contributed by atoms with Gasteiger partial charge >= 0.3 is 0 Å². The van der Waals surface area contributed by atoms with Crippen molar-refractivity contribution >= 4 is 11.0 Å². The fourth-order valence-corrected chi connectivity index (χ4v) is 2.92. The number of aromatic nitrogens is 2. The van der Waals surface area contributed by atoms with Gasteiger partial charge in [0.2, 0.25) is 0 Å². The van der Waals surface area contributed by atoms with Crippen molar-refractivity contribution < 1.29 is 0 Å². The van der Waals surface area contributed by atoms with E-state index in [4.69, 9.17) is 4.98 Å². The van der Waals surface area contributed by atoms with Crippen LogP contribution in [0.5, 0.6) is 0 Å². The highest BCUT2D eigenvalue weighted by Crippen LogP contribution is 2.25. The number of imidazole rings is 1. The van der Waals surface area contributed by atoms with Crippen LogP contribution in [0.15, 0.2) is 42.5 Å². The van der Waals surface area contributed by atoms with Gasteiger partial charge in [-0.05, 0) is 48.1 Å². The van der Waals surface area contributed by atoms with Gasteiger partial charge in [-0.25, -0.2) is 4.98 Å². The van der Waals surface area contributed by atoms with Crippen LogP contribution in [0.3, 0.4) is 0 Å². The molecule has 1 aromatic heterocycles. The Morgan fingerprint density at radius 3 is 2.41 bits per heavy atom. The van der Waals surface area contributed by atoms with Crippen molar-refractivity contribution in [3.8, 4) is 0 Å². The van der Waals surface area contributed by atoms with Crippen LogP contribution in [0.4, 0.5) is 0 Å². The highest BCUT2D eigenvalue weighted by Gasteiger charge is 2.13. The molecule has 1 N–H and O–H groups in total. The van der Waals surface area contributed by atoms with Crippen molar-refractivity contribution in [1.82, 2.24) is 9.97 Å². The van der Waals surface area contributed by atoms with Gasteiger partial charge in [0, 0.05) is 5.92 Å². The summed E-state index contributed by atoms with van der Waals surface area (Å²) in [5.74, 6) is 2.01. The van der Waals surface area contributed by atoms with Gasteiger partial charge in [0.05, 0.1) is 11.0 Å². The molecule has 3 aromatic rings. The molecule has 0 unspecified atom stereocenters. The Balaban J connectivity index is 1.86. The molecule has 0 spiro atoms. The zero-order valence-electron chi connectivity index (χ0n) is 13.9. The minimum Gasteiger partial charge on any atom is -0.341 e. The minimum atomic E-state index is 0.279. The SMILES string of the molecule is Cc1ccc2nc([C@H](C)c3ccc(CC(C)C)cc3)[nH]c2c1. The molecular weight excluding hydrogens is 268 g/mol. The first-order valence-electron chi connectivity index (χ1n) is 8.08. The number of fused-ring (bicyclic) bond motifs is 1. The summed E-state index contributed by atoms with van der Waals surface area (Å²) in [6.45, 7) is 8.83. The summed E-state index contributed by atoms with van der Waals surface area (Å²) >= 11 is 0. The molecular formula is C20H24N2. The van der Waals surface area contributed by atoms with Crippen LogP contribution in [0.1, 0.15) is 49.2 Å². The summed E-state index contributed by atoms with van der Waals surface area (Å²) < 4.78 is 0. The molecule has 1 atom stereocenters. The van der Waals surface area contributed by atoms with Gasteiger partial charge in [0.15, 0.2) is 0 Å². The summed E-state index contributed by atoms with van der Waals surface area (Å²) in [7, 11) is 0. The van der Waals surface area contributed by atoms with Crippen LogP contribution in [0.2, 0.25) is 0 Å². The predicted octanol–water partition coefficient (Wildman–Crippen LogP) is 5.22. The Labute approximate surface area is 132 Å². The third-order valence-electron chi connectivity index (χ3n) is 4.19. The highest BCUT2D eigenvalue weighted by atomic mass is 14.9. The smallest absolute Gasteiger partial charge is 0.114 e. The first-order chi connectivity index (χ1) is 10.5. The second-order valence-electron chi connectivity index (χ2n) is 6.70. The average Bonchev–Trinajstić information content (AvgIpc) is 2.89. The largest absolute Gasteiger partial charge is 0.341 e. The van der Waals surface area contributed by atoms with E-state index in [0.717, 1.165) is 23.3 Å². The van der Waals surface area contributed by atoms with Crippen molar-refractivity contribution in [2.45, 2.75) is 40.0 Å². The Bertz CT molecular complexity index is 766. The summed E-state index contributed by atoms with van der Waals surface area (Å²) in [4.78, 5) is 8.22. The van der Waals surface area contributed by atoms with E-state index in [1.807, 2.05) is 0 Å². The van der Waals surface area contributed by atoms with E-state index in [0.29, 0.717) is 5.92 Å². The Hall–Kier alpha value is -2.09. The van der Waals surface area contributed by atoms with Crippen molar-refractivity contribution in [3.05, 3.63) is 65.0 Å². The maximum absolute atomic E-state index is 4.75. The van der Waals surface area contributed by atoms with E-state index >= 15 is 0 Å². The molecule has 2 heteroatoms. The number of aromatic amines is 1. The maximum atomic E-state index is 4.75. The van der Waals surface area contributed by atoms with E-state index in [1.54, 1.807) is 0 Å². The molecule has 0 aliphatic carbocycles. The van der Waals surface area contributed by atoms with Crippen LogP contribution in [0.25, 0.3) is 11.0 Å². The lowest BCUT2D eigenvalue weighted by molar-refractivity contribution is 0.647. The third kappa shape index (κ3) is 3.06. The lowest BCUT2D eigenvalue weighted by Gasteiger charge is -2.11. The van der Waals surface area contributed by atoms with E-state index < -0.39 is 0 Å². The molecule has 0 bridgehead atoms. The highest BCUT2D eigenvalue weighted by molar-refractivity contribution is 5.76. The number of benzene rings is 2. The zero-order valence-corrected chi connectivity index (χ0v) is 13.9. The van der Waals surface area contributed by atoms with Crippen molar-refractivity contribution in [2.24, 2.45) is 5.92 Å². The number of H-pyrrole nitrogens is 1. The number of rotatable bonds is 4. The second-order valence-corrected chi connectivity index (χ2v) is 6.70. The van der Waals surface area contributed by atoms with Gasteiger partial charge in [0.1, 0.15) is 5.82 Å².